The van der Waals surface area contributed by atoms with E-state index in [4.69, 9.17) is 5.26 Å². The Balaban J connectivity index is 1.62. The average molecular weight is 346 g/mol. The number of aliphatic hydroxyl groups excluding tert-OH is 1. The smallest absolute Gasteiger partial charge is 0.270 e. The van der Waals surface area contributed by atoms with Crippen LogP contribution in [0.4, 0.5) is 0 Å². The highest BCUT2D eigenvalue weighted by molar-refractivity contribution is 5.93. The van der Waals surface area contributed by atoms with E-state index in [2.05, 4.69) is 34.6 Å². The third-order valence-electron chi connectivity index (χ3n) is 5.21. The van der Waals surface area contributed by atoms with E-state index in [1.807, 2.05) is 6.07 Å². The number of carbonyl (C=O) groups excluding carboxylic acids is 1. The molecule has 1 amide bonds. The molecule has 0 radical (unpaired) electrons. The zero-order chi connectivity index (χ0) is 18.0. The van der Waals surface area contributed by atoms with E-state index in [-0.39, 0.29) is 5.91 Å². The molecule has 0 spiro atoms. The van der Waals surface area contributed by atoms with Gasteiger partial charge in [0, 0.05) is 56.9 Å². The quantitative estimate of drug-likeness (QED) is 0.588. The topological polar surface area (TPSA) is 107 Å². The zero-order valence-corrected chi connectivity index (χ0v) is 14.7. The van der Waals surface area contributed by atoms with Crippen LogP contribution in [0, 0.1) is 17.2 Å². The summed E-state index contributed by atoms with van der Waals surface area (Å²) in [7, 11) is 0. The summed E-state index contributed by atoms with van der Waals surface area (Å²) in [6.07, 6.45) is 0.946. The van der Waals surface area contributed by atoms with Crippen molar-refractivity contribution in [3.05, 3.63) is 23.5 Å². The summed E-state index contributed by atoms with van der Waals surface area (Å²) < 4.78 is 0. The Kier molecular flexibility index (Phi) is 5.39. The minimum absolute atomic E-state index is 0.173. The Bertz CT molecular complexity index is 644. The molecule has 25 heavy (non-hydrogen) atoms. The predicted octanol–water partition coefficient (Wildman–Crippen LogP) is -0.494. The van der Waals surface area contributed by atoms with Gasteiger partial charge in [0.15, 0.2) is 0 Å². The Morgan fingerprint density at radius 1 is 1.32 bits per heavy atom. The van der Waals surface area contributed by atoms with Gasteiger partial charge in [0.25, 0.3) is 5.91 Å². The molecule has 1 aromatic rings. The Labute approximate surface area is 147 Å². The molecule has 0 saturated carbocycles. The number of H-pyrrole nitrogens is 1. The van der Waals surface area contributed by atoms with Gasteiger partial charge in [-0.05, 0) is 19.9 Å². The summed E-state index contributed by atoms with van der Waals surface area (Å²) >= 11 is 0. The second-order valence-electron chi connectivity index (χ2n) is 7.11. The molecule has 0 aliphatic carbocycles. The summed E-state index contributed by atoms with van der Waals surface area (Å²) in [5, 5.41) is 19.2. The molecule has 8 heteroatoms. The lowest BCUT2D eigenvalue weighted by atomic mass is 9.96. The van der Waals surface area contributed by atoms with E-state index in [1.165, 1.54) is 6.20 Å². The molecule has 0 bridgehead atoms. The number of aliphatic hydroxyl groups is 1. The second-order valence-corrected chi connectivity index (χ2v) is 7.11. The molecule has 136 valence electrons. The van der Waals surface area contributed by atoms with E-state index in [9.17, 15) is 9.90 Å². The molecule has 1 aromatic heterocycles. The second kappa shape index (κ2) is 7.54. The van der Waals surface area contributed by atoms with Gasteiger partial charge < -0.3 is 15.0 Å². The summed E-state index contributed by atoms with van der Waals surface area (Å²) in [6.45, 7) is 7.35. The number of rotatable bonds is 3. The van der Waals surface area contributed by atoms with Crippen molar-refractivity contribution >= 4 is 5.91 Å². The zero-order valence-electron chi connectivity index (χ0n) is 14.7. The Morgan fingerprint density at radius 3 is 2.68 bits per heavy atom. The van der Waals surface area contributed by atoms with Crippen molar-refractivity contribution in [3.8, 4) is 6.07 Å². The summed E-state index contributed by atoms with van der Waals surface area (Å²) in [4.78, 5) is 19.4. The van der Waals surface area contributed by atoms with Crippen LogP contribution < -0.4 is 10.9 Å². The van der Waals surface area contributed by atoms with E-state index in [0.29, 0.717) is 48.9 Å². The van der Waals surface area contributed by atoms with Crippen molar-refractivity contribution in [1.29, 1.82) is 5.26 Å². The molecule has 3 rings (SSSR count). The van der Waals surface area contributed by atoms with Gasteiger partial charge in [-0.3, -0.25) is 20.5 Å². The van der Waals surface area contributed by atoms with Crippen LogP contribution in [0.5, 0.6) is 0 Å². The maximum absolute atomic E-state index is 12.6. The SMILES string of the molecule is CC1NNC(C)C1CN1CCN(C(=O)c2cc(C#N)c[nH]2)CC(O)C1. The largest absolute Gasteiger partial charge is 0.390 e. The fraction of sp³-hybridized carbons (Fsp3) is 0.647. The van der Waals surface area contributed by atoms with Gasteiger partial charge in [-0.2, -0.15) is 5.26 Å². The maximum Gasteiger partial charge on any atom is 0.270 e. The molecule has 2 aliphatic rings. The lowest BCUT2D eigenvalue weighted by Gasteiger charge is -2.28. The number of hydrogen-bond acceptors (Lipinski definition) is 6. The van der Waals surface area contributed by atoms with Gasteiger partial charge in [-0.1, -0.05) is 0 Å². The van der Waals surface area contributed by atoms with Crippen LogP contribution in [-0.4, -0.2) is 76.7 Å². The fourth-order valence-corrected chi connectivity index (χ4v) is 3.68. The Morgan fingerprint density at radius 2 is 2.04 bits per heavy atom. The lowest BCUT2D eigenvalue weighted by molar-refractivity contribution is 0.0656. The number of hydrogen-bond donors (Lipinski definition) is 4. The van der Waals surface area contributed by atoms with E-state index in [1.54, 1.807) is 11.0 Å². The lowest BCUT2D eigenvalue weighted by Crippen LogP contribution is -2.41. The van der Waals surface area contributed by atoms with Crippen molar-refractivity contribution < 1.29 is 9.90 Å². The molecule has 4 N–H and O–H groups in total. The molecule has 2 saturated heterocycles. The number of nitrogens with zero attached hydrogens (tertiary/aromatic N) is 3. The number of nitriles is 1. The predicted molar refractivity (Wildman–Crippen MR) is 92.5 cm³/mol. The van der Waals surface area contributed by atoms with Crippen LogP contribution in [-0.2, 0) is 0 Å². The van der Waals surface area contributed by atoms with Crippen LogP contribution in [0.25, 0.3) is 0 Å². The van der Waals surface area contributed by atoms with Crippen LogP contribution in [0.1, 0.15) is 29.9 Å². The van der Waals surface area contributed by atoms with Gasteiger partial charge in [0.05, 0.1) is 11.7 Å². The number of nitrogens with one attached hydrogen (secondary N) is 3. The summed E-state index contributed by atoms with van der Waals surface area (Å²) in [5.41, 5.74) is 7.34. The molecule has 0 aromatic carbocycles. The first-order valence-corrected chi connectivity index (χ1v) is 8.77. The maximum atomic E-state index is 12.6. The van der Waals surface area contributed by atoms with Crippen molar-refractivity contribution in [2.24, 2.45) is 5.92 Å². The van der Waals surface area contributed by atoms with Crippen molar-refractivity contribution in [2.75, 3.05) is 32.7 Å². The molecular formula is C17H26N6O2. The standard InChI is InChI=1S/C17H26N6O2/c1-11-15(12(2)21-20-11)10-22-3-4-23(9-14(24)8-22)17(25)16-5-13(6-18)7-19-16/h5,7,11-12,14-15,19-21,24H,3-4,8-10H2,1-2H3. The third-order valence-corrected chi connectivity index (χ3v) is 5.21. The molecule has 2 aliphatic heterocycles. The average Bonchev–Trinajstić information content (AvgIpc) is 3.13. The first-order valence-electron chi connectivity index (χ1n) is 8.77. The van der Waals surface area contributed by atoms with Gasteiger partial charge in [0.2, 0.25) is 0 Å². The molecule has 8 nitrogen and oxygen atoms in total. The number of β-amino-alcohol motifs (C(OH)–C–C–N with tert-alkyl or cyclic N) is 1. The highest BCUT2D eigenvalue weighted by atomic mass is 16.3. The first kappa shape index (κ1) is 17.9. The van der Waals surface area contributed by atoms with E-state index < -0.39 is 6.10 Å². The van der Waals surface area contributed by atoms with Crippen molar-refractivity contribution in [2.45, 2.75) is 32.0 Å². The van der Waals surface area contributed by atoms with Gasteiger partial charge >= 0.3 is 0 Å². The normalized spacial score (nSPS) is 30.9. The number of aromatic nitrogens is 1. The van der Waals surface area contributed by atoms with Crippen LogP contribution in [0.3, 0.4) is 0 Å². The molecule has 3 heterocycles. The number of amides is 1. The molecule has 2 fully saturated rings. The van der Waals surface area contributed by atoms with Gasteiger partial charge in [-0.15, -0.1) is 0 Å². The van der Waals surface area contributed by atoms with E-state index >= 15 is 0 Å². The molecule has 3 atom stereocenters. The van der Waals surface area contributed by atoms with Crippen LogP contribution in [0.15, 0.2) is 12.3 Å². The fourth-order valence-electron chi connectivity index (χ4n) is 3.68. The highest BCUT2D eigenvalue weighted by Crippen LogP contribution is 2.18. The van der Waals surface area contributed by atoms with Crippen molar-refractivity contribution in [1.82, 2.24) is 25.6 Å². The van der Waals surface area contributed by atoms with Gasteiger partial charge in [0.1, 0.15) is 11.8 Å². The monoisotopic (exact) mass is 346 g/mol. The van der Waals surface area contributed by atoms with Crippen LogP contribution in [0.2, 0.25) is 0 Å². The minimum Gasteiger partial charge on any atom is -0.390 e. The first-order chi connectivity index (χ1) is 12.0. The number of aromatic amines is 1. The molecular weight excluding hydrogens is 320 g/mol. The Hall–Kier alpha value is -1.92. The minimum atomic E-state index is -0.579. The highest BCUT2D eigenvalue weighted by Gasteiger charge is 2.33. The number of hydrazine groups is 1. The molecule has 3 unspecified atom stereocenters. The third kappa shape index (κ3) is 4.02. The van der Waals surface area contributed by atoms with Crippen molar-refractivity contribution in [3.63, 3.8) is 0 Å². The van der Waals surface area contributed by atoms with Crippen LogP contribution >= 0.6 is 0 Å². The summed E-state index contributed by atoms with van der Waals surface area (Å²) in [5.74, 6) is 0.282. The van der Waals surface area contributed by atoms with Gasteiger partial charge in [-0.25, -0.2) is 0 Å². The number of carbonyl (C=O) groups is 1. The summed E-state index contributed by atoms with van der Waals surface area (Å²) in [6, 6.07) is 4.31. The van der Waals surface area contributed by atoms with E-state index in [0.717, 1.165) is 13.1 Å².